The topological polar surface area (TPSA) is 36.3 Å². The first-order chi connectivity index (χ1) is 7.81. The summed E-state index contributed by atoms with van der Waals surface area (Å²) in [5, 5.41) is 8.80. The third-order valence-corrected chi connectivity index (χ3v) is 3.27. The number of benzene rings is 1. The van der Waals surface area contributed by atoms with Crippen LogP contribution in [0.2, 0.25) is 0 Å². The van der Waals surface area contributed by atoms with Crippen LogP contribution in [-0.4, -0.2) is 26.3 Å². The highest BCUT2D eigenvalue weighted by atomic mass is 79.9. The molecule has 0 spiro atoms. The molecule has 0 aromatic heterocycles. The van der Waals surface area contributed by atoms with Crippen molar-refractivity contribution in [3.8, 4) is 6.07 Å². The summed E-state index contributed by atoms with van der Waals surface area (Å²) in [6.07, 6.45) is 1.05. The fourth-order valence-corrected chi connectivity index (χ4v) is 2.45. The molecule has 4 heteroatoms. The zero-order chi connectivity index (χ0) is 11.4. The molecule has 0 radical (unpaired) electrons. The molecule has 1 saturated heterocycles. The Hall–Kier alpha value is -1.05. The molecule has 16 heavy (non-hydrogen) atoms. The van der Waals surface area contributed by atoms with Gasteiger partial charge in [-0.15, -0.1) is 0 Å². The number of ether oxygens (including phenoxy) is 1. The van der Waals surface area contributed by atoms with Gasteiger partial charge in [-0.2, -0.15) is 5.26 Å². The Kier molecular flexibility index (Phi) is 3.81. The normalized spacial score (nSPS) is 16.6. The minimum Gasteiger partial charge on any atom is -0.380 e. The highest BCUT2D eigenvalue weighted by molar-refractivity contribution is 9.10. The van der Waals surface area contributed by atoms with E-state index in [0.717, 1.165) is 42.9 Å². The van der Waals surface area contributed by atoms with Gasteiger partial charge in [-0.25, -0.2) is 0 Å². The first-order valence-electron chi connectivity index (χ1n) is 5.33. The third-order valence-electron chi connectivity index (χ3n) is 2.64. The molecule has 0 bridgehead atoms. The predicted molar refractivity (Wildman–Crippen MR) is 66.5 cm³/mol. The lowest BCUT2D eigenvalue weighted by atomic mass is 10.2. The first-order valence-corrected chi connectivity index (χ1v) is 6.13. The zero-order valence-corrected chi connectivity index (χ0v) is 10.5. The molecule has 2 rings (SSSR count). The van der Waals surface area contributed by atoms with Gasteiger partial charge in [0.1, 0.15) is 0 Å². The molecule has 1 aliphatic heterocycles. The summed E-state index contributed by atoms with van der Waals surface area (Å²) in [6.45, 7) is 3.52. The minimum absolute atomic E-state index is 0.682. The van der Waals surface area contributed by atoms with Crippen molar-refractivity contribution in [1.82, 2.24) is 0 Å². The van der Waals surface area contributed by atoms with Crippen molar-refractivity contribution < 1.29 is 4.74 Å². The maximum absolute atomic E-state index is 8.80. The average Bonchev–Trinajstić information content (AvgIpc) is 2.57. The van der Waals surface area contributed by atoms with Crippen molar-refractivity contribution >= 4 is 21.6 Å². The lowest BCUT2D eigenvalue weighted by molar-refractivity contribution is 0.152. The van der Waals surface area contributed by atoms with Crippen molar-refractivity contribution in [3.05, 3.63) is 28.2 Å². The third kappa shape index (κ3) is 2.55. The Morgan fingerprint density at radius 2 is 2.19 bits per heavy atom. The summed E-state index contributed by atoms with van der Waals surface area (Å²) in [5.74, 6) is 0. The van der Waals surface area contributed by atoms with Gasteiger partial charge in [0.2, 0.25) is 0 Å². The van der Waals surface area contributed by atoms with Crippen LogP contribution in [0.1, 0.15) is 12.0 Å². The van der Waals surface area contributed by atoms with Gasteiger partial charge in [-0.05, 0) is 40.5 Å². The van der Waals surface area contributed by atoms with Gasteiger partial charge >= 0.3 is 0 Å². The van der Waals surface area contributed by atoms with Gasteiger partial charge in [0, 0.05) is 24.2 Å². The summed E-state index contributed by atoms with van der Waals surface area (Å²) in [5.41, 5.74) is 1.83. The van der Waals surface area contributed by atoms with E-state index in [4.69, 9.17) is 10.00 Å². The second-order valence-electron chi connectivity index (χ2n) is 3.73. The Morgan fingerprint density at radius 3 is 2.94 bits per heavy atom. The molecule has 84 valence electrons. The maximum atomic E-state index is 8.80. The van der Waals surface area contributed by atoms with Crippen molar-refractivity contribution in [2.75, 3.05) is 31.2 Å². The molecule has 1 aromatic rings. The lowest BCUT2D eigenvalue weighted by Crippen LogP contribution is -2.26. The fourth-order valence-electron chi connectivity index (χ4n) is 1.82. The molecular weight excluding hydrogens is 268 g/mol. The summed E-state index contributed by atoms with van der Waals surface area (Å²) in [6, 6.07) is 7.85. The van der Waals surface area contributed by atoms with E-state index in [1.54, 1.807) is 0 Å². The highest BCUT2D eigenvalue weighted by Crippen LogP contribution is 2.27. The van der Waals surface area contributed by atoms with Crippen LogP contribution >= 0.6 is 15.9 Å². The largest absolute Gasteiger partial charge is 0.380 e. The number of hydrogen-bond donors (Lipinski definition) is 0. The molecule has 0 saturated carbocycles. The molecule has 0 unspecified atom stereocenters. The Balaban J connectivity index is 2.22. The highest BCUT2D eigenvalue weighted by Gasteiger charge is 2.12. The average molecular weight is 281 g/mol. The SMILES string of the molecule is N#Cc1ccc(N2CCCOCC2)c(Br)c1. The predicted octanol–water partition coefficient (Wildman–Crippen LogP) is 2.55. The van der Waals surface area contributed by atoms with E-state index in [1.807, 2.05) is 18.2 Å². The summed E-state index contributed by atoms with van der Waals surface area (Å²) in [4.78, 5) is 2.29. The van der Waals surface area contributed by atoms with Crippen LogP contribution in [0, 0.1) is 11.3 Å². The van der Waals surface area contributed by atoms with Crippen LogP contribution in [-0.2, 0) is 4.74 Å². The second kappa shape index (κ2) is 5.33. The van der Waals surface area contributed by atoms with Crippen molar-refractivity contribution in [2.24, 2.45) is 0 Å². The Bertz CT molecular complexity index is 406. The van der Waals surface area contributed by atoms with Crippen LogP contribution in [0.4, 0.5) is 5.69 Å². The van der Waals surface area contributed by atoms with Crippen LogP contribution in [0.5, 0.6) is 0 Å². The molecule has 1 fully saturated rings. The van der Waals surface area contributed by atoms with E-state index in [2.05, 4.69) is 26.9 Å². The van der Waals surface area contributed by atoms with E-state index in [1.165, 1.54) is 0 Å². The van der Waals surface area contributed by atoms with Crippen LogP contribution in [0.25, 0.3) is 0 Å². The quantitative estimate of drug-likeness (QED) is 0.793. The monoisotopic (exact) mass is 280 g/mol. The number of anilines is 1. The van der Waals surface area contributed by atoms with Crippen molar-refractivity contribution in [1.29, 1.82) is 5.26 Å². The van der Waals surface area contributed by atoms with Crippen LogP contribution in [0.15, 0.2) is 22.7 Å². The molecule has 1 aliphatic rings. The molecule has 0 aliphatic carbocycles. The molecular formula is C12H13BrN2O. The molecule has 0 amide bonds. The van der Waals surface area contributed by atoms with Gasteiger partial charge in [0.25, 0.3) is 0 Å². The van der Waals surface area contributed by atoms with E-state index in [0.29, 0.717) is 5.56 Å². The van der Waals surface area contributed by atoms with Crippen molar-refractivity contribution in [3.63, 3.8) is 0 Å². The van der Waals surface area contributed by atoms with E-state index < -0.39 is 0 Å². The van der Waals surface area contributed by atoms with E-state index in [9.17, 15) is 0 Å². The molecule has 0 N–H and O–H groups in total. The van der Waals surface area contributed by atoms with Crippen molar-refractivity contribution in [2.45, 2.75) is 6.42 Å². The Labute approximate surface area is 104 Å². The van der Waals surface area contributed by atoms with Gasteiger partial charge in [-0.1, -0.05) is 0 Å². The summed E-state index contributed by atoms with van der Waals surface area (Å²) in [7, 11) is 0. The summed E-state index contributed by atoms with van der Waals surface area (Å²) < 4.78 is 6.40. The molecule has 1 heterocycles. The standard InChI is InChI=1S/C12H13BrN2O/c13-11-8-10(9-14)2-3-12(11)15-4-1-6-16-7-5-15/h2-3,8H,1,4-7H2. The lowest BCUT2D eigenvalue weighted by Gasteiger charge is -2.23. The van der Waals surface area contributed by atoms with Crippen LogP contribution < -0.4 is 4.90 Å². The molecule has 0 atom stereocenters. The fraction of sp³-hybridized carbons (Fsp3) is 0.417. The van der Waals surface area contributed by atoms with E-state index >= 15 is 0 Å². The van der Waals surface area contributed by atoms with Gasteiger partial charge < -0.3 is 9.64 Å². The smallest absolute Gasteiger partial charge is 0.0992 e. The Morgan fingerprint density at radius 1 is 1.31 bits per heavy atom. The van der Waals surface area contributed by atoms with Gasteiger partial charge in [0.05, 0.1) is 23.9 Å². The minimum atomic E-state index is 0.682. The number of hydrogen-bond acceptors (Lipinski definition) is 3. The molecule has 3 nitrogen and oxygen atoms in total. The number of nitrogens with zero attached hydrogens (tertiary/aromatic N) is 2. The molecule has 1 aromatic carbocycles. The zero-order valence-electron chi connectivity index (χ0n) is 8.95. The van der Waals surface area contributed by atoms with Gasteiger partial charge in [0.15, 0.2) is 0 Å². The van der Waals surface area contributed by atoms with Gasteiger partial charge in [-0.3, -0.25) is 0 Å². The number of rotatable bonds is 1. The first kappa shape index (κ1) is 11.4. The number of halogens is 1. The van der Waals surface area contributed by atoms with E-state index in [-0.39, 0.29) is 0 Å². The number of nitriles is 1. The summed E-state index contributed by atoms with van der Waals surface area (Å²) >= 11 is 3.52. The second-order valence-corrected chi connectivity index (χ2v) is 4.59. The maximum Gasteiger partial charge on any atom is 0.0992 e. The van der Waals surface area contributed by atoms with Crippen LogP contribution in [0.3, 0.4) is 0 Å².